The van der Waals surface area contributed by atoms with Crippen molar-refractivity contribution in [2.24, 2.45) is 0 Å². The third kappa shape index (κ3) is 5.19. The normalized spacial score (nSPS) is 20.8. The van der Waals surface area contributed by atoms with Crippen LogP contribution in [0, 0.1) is 4.77 Å². The van der Waals surface area contributed by atoms with Crippen LogP contribution in [0.5, 0.6) is 11.5 Å². The lowest BCUT2D eigenvalue weighted by atomic mass is 9.80. The molecule has 1 aromatic heterocycles. The highest BCUT2D eigenvalue weighted by Crippen LogP contribution is 2.42. The summed E-state index contributed by atoms with van der Waals surface area (Å²) >= 11 is 5.25. The Balaban J connectivity index is 1.56. The number of rotatable bonds is 9. The molecule has 1 saturated heterocycles. The molecule has 0 spiro atoms. The molecule has 1 aliphatic rings. The molecule has 2 heterocycles. The highest BCUT2D eigenvalue weighted by molar-refractivity contribution is 7.71. The van der Waals surface area contributed by atoms with Gasteiger partial charge in [-0.2, -0.15) is 0 Å². The predicted octanol–water partition coefficient (Wildman–Crippen LogP) is 3.55. The second-order valence-electron chi connectivity index (χ2n) is 9.38. The number of nitrogens with one attached hydrogen (secondary N) is 1. The maximum absolute atomic E-state index is 11.6. The van der Waals surface area contributed by atoms with Crippen LogP contribution in [-0.4, -0.2) is 58.9 Å². The Morgan fingerprint density at radius 2 is 1.40 bits per heavy atom. The second-order valence-corrected chi connectivity index (χ2v) is 9.77. The molecule has 0 bridgehead atoms. The van der Waals surface area contributed by atoms with Crippen molar-refractivity contribution in [1.29, 1.82) is 0 Å². The van der Waals surface area contributed by atoms with E-state index in [0.29, 0.717) is 11.5 Å². The number of hydrogen-bond donors (Lipinski definition) is 3. The zero-order chi connectivity index (χ0) is 28.3. The van der Waals surface area contributed by atoms with Gasteiger partial charge in [0, 0.05) is 12.3 Å². The lowest BCUT2D eigenvalue weighted by Gasteiger charge is -2.37. The molecule has 0 radical (unpaired) electrons. The Labute approximate surface area is 236 Å². The van der Waals surface area contributed by atoms with Gasteiger partial charge in [-0.1, -0.05) is 54.6 Å². The number of ether oxygens (including phenoxy) is 4. The molecule has 0 saturated carbocycles. The van der Waals surface area contributed by atoms with Crippen molar-refractivity contribution < 1.29 is 29.2 Å². The van der Waals surface area contributed by atoms with E-state index >= 15 is 0 Å². The number of aliphatic hydroxyl groups is 2. The average molecular weight is 563 g/mol. The van der Waals surface area contributed by atoms with Crippen LogP contribution >= 0.6 is 12.2 Å². The van der Waals surface area contributed by atoms with Gasteiger partial charge >= 0.3 is 0 Å². The lowest BCUT2D eigenvalue weighted by Crippen LogP contribution is -2.39. The minimum atomic E-state index is -1.31. The van der Waals surface area contributed by atoms with E-state index in [1.54, 1.807) is 14.2 Å². The molecular formula is C30H30N2O7S. The summed E-state index contributed by atoms with van der Waals surface area (Å²) in [5.74, 6) is 1.39. The van der Waals surface area contributed by atoms with Crippen molar-refractivity contribution in [3.05, 3.63) is 123 Å². The van der Waals surface area contributed by atoms with Gasteiger partial charge in [0.2, 0.25) is 0 Å². The Bertz CT molecular complexity index is 1490. The minimum Gasteiger partial charge on any atom is -0.497 e. The fourth-order valence-corrected chi connectivity index (χ4v) is 5.27. The molecule has 4 atom stereocenters. The summed E-state index contributed by atoms with van der Waals surface area (Å²) in [6.45, 7) is -0.0850. The standard InChI is InChI=1S/C30H30N2O7S/c1-36-22-12-8-20(9-13-22)30(19-6-4-3-5-7-19,21-10-14-23(37-2)15-11-21)38-18-24-26(34)27(35)28(39-24)32-17-16-25(33)31-29(32)40/h3-17,24,26-28,34-35H,18H2,1-2H3,(H,31,33,40). The molecule has 4 unspecified atom stereocenters. The first-order chi connectivity index (χ1) is 19.4. The van der Waals surface area contributed by atoms with Gasteiger partial charge in [0.25, 0.3) is 5.56 Å². The highest BCUT2D eigenvalue weighted by Gasteiger charge is 2.46. The SMILES string of the molecule is COc1ccc(C(OCC2OC(n3ccc(=O)[nH]c3=S)C(O)C2O)(c2ccccc2)c2ccc(OC)cc2)cc1. The van der Waals surface area contributed by atoms with Crippen LogP contribution in [0.25, 0.3) is 0 Å². The summed E-state index contributed by atoms with van der Waals surface area (Å²) in [4.78, 5) is 14.1. The lowest BCUT2D eigenvalue weighted by molar-refractivity contribution is -0.0955. The summed E-state index contributed by atoms with van der Waals surface area (Å²) < 4.78 is 25.1. The van der Waals surface area contributed by atoms with Gasteiger partial charge in [0.15, 0.2) is 11.0 Å². The topological polar surface area (TPSA) is 115 Å². The van der Waals surface area contributed by atoms with Gasteiger partial charge in [0.1, 0.15) is 35.4 Å². The largest absolute Gasteiger partial charge is 0.497 e. The quantitative estimate of drug-likeness (QED) is 0.210. The molecule has 5 rings (SSSR count). The number of aromatic nitrogens is 2. The van der Waals surface area contributed by atoms with Gasteiger partial charge in [-0.3, -0.25) is 14.3 Å². The van der Waals surface area contributed by atoms with Crippen molar-refractivity contribution in [2.75, 3.05) is 20.8 Å². The van der Waals surface area contributed by atoms with Crippen molar-refractivity contribution >= 4 is 12.2 Å². The minimum absolute atomic E-state index is 0.0698. The highest BCUT2D eigenvalue weighted by atomic mass is 32.1. The van der Waals surface area contributed by atoms with Crippen LogP contribution < -0.4 is 15.0 Å². The zero-order valence-electron chi connectivity index (χ0n) is 22.0. The van der Waals surface area contributed by atoms with Crippen LogP contribution in [-0.2, 0) is 15.1 Å². The fraction of sp³-hybridized carbons (Fsp3) is 0.267. The molecule has 0 amide bonds. The number of methoxy groups -OCH3 is 2. The first-order valence-corrected chi connectivity index (χ1v) is 13.1. The molecule has 0 aliphatic carbocycles. The molecule has 1 fully saturated rings. The van der Waals surface area contributed by atoms with E-state index in [4.69, 9.17) is 31.2 Å². The molecule has 9 nitrogen and oxygen atoms in total. The molecule has 1 aliphatic heterocycles. The zero-order valence-corrected chi connectivity index (χ0v) is 22.8. The predicted molar refractivity (Wildman–Crippen MR) is 150 cm³/mol. The van der Waals surface area contributed by atoms with E-state index < -0.39 is 30.1 Å². The first kappa shape index (κ1) is 27.8. The third-order valence-corrected chi connectivity index (χ3v) is 7.41. The summed E-state index contributed by atoms with van der Waals surface area (Å²) in [7, 11) is 3.21. The van der Waals surface area contributed by atoms with E-state index in [0.717, 1.165) is 16.7 Å². The maximum Gasteiger partial charge on any atom is 0.251 e. The van der Waals surface area contributed by atoms with Crippen molar-refractivity contribution in [3.8, 4) is 11.5 Å². The first-order valence-electron chi connectivity index (χ1n) is 12.7. The Kier molecular flexibility index (Phi) is 8.15. The van der Waals surface area contributed by atoms with E-state index in [-0.39, 0.29) is 16.9 Å². The van der Waals surface area contributed by atoms with Crippen LogP contribution in [0.15, 0.2) is 95.9 Å². The third-order valence-electron chi connectivity index (χ3n) is 7.10. The molecule has 3 N–H and O–H groups in total. The number of H-pyrrole nitrogens is 1. The van der Waals surface area contributed by atoms with Crippen molar-refractivity contribution in [1.82, 2.24) is 9.55 Å². The van der Waals surface area contributed by atoms with Crippen molar-refractivity contribution in [3.63, 3.8) is 0 Å². The summed E-state index contributed by atoms with van der Waals surface area (Å²) in [5, 5.41) is 21.8. The van der Waals surface area contributed by atoms with E-state index in [1.165, 1.54) is 16.8 Å². The Morgan fingerprint density at radius 1 is 0.850 bits per heavy atom. The van der Waals surface area contributed by atoms with Gasteiger partial charge in [0.05, 0.1) is 20.8 Å². The molecule has 3 aromatic carbocycles. The summed E-state index contributed by atoms with van der Waals surface area (Å²) in [6.07, 6.45) is -3.08. The number of benzene rings is 3. The number of hydrogen-bond acceptors (Lipinski definition) is 8. The van der Waals surface area contributed by atoms with Gasteiger partial charge in [-0.15, -0.1) is 0 Å². The molecule has 10 heteroatoms. The van der Waals surface area contributed by atoms with Gasteiger partial charge in [-0.05, 0) is 53.2 Å². The van der Waals surface area contributed by atoms with Crippen LogP contribution in [0.3, 0.4) is 0 Å². The summed E-state index contributed by atoms with van der Waals surface area (Å²) in [6, 6.07) is 26.2. The van der Waals surface area contributed by atoms with Gasteiger partial charge in [-0.25, -0.2) is 0 Å². The number of aromatic amines is 1. The summed E-state index contributed by atoms with van der Waals surface area (Å²) in [5.41, 5.74) is 0.980. The Hall–Kier alpha value is -3.80. The van der Waals surface area contributed by atoms with E-state index in [9.17, 15) is 15.0 Å². The monoisotopic (exact) mass is 562 g/mol. The number of aliphatic hydroxyl groups excluding tert-OH is 2. The maximum atomic E-state index is 11.6. The molecular weight excluding hydrogens is 532 g/mol. The molecule has 40 heavy (non-hydrogen) atoms. The van der Waals surface area contributed by atoms with Crippen molar-refractivity contribution in [2.45, 2.75) is 30.1 Å². The van der Waals surface area contributed by atoms with E-state index in [2.05, 4.69) is 4.98 Å². The Morgan fingerprint density at radius 3 is 1.93 bits per heavy atom. The average Bonchev–Trinajstić information content (AvgIpc) is 3.27. The van der Waals surface area contributed by atoms with E-state index in [1.807, 2.05) is 78.9 Å². The fourth-order valence-electron chi connectivity index (χ4n) is 5.01. The van der Waals surface area contributed by atoms with Crippen LogP contribution in [0.4, 0.5) is 0 Å². The smallest absolute Gasteiger partial charge is 0.251 e. The molecule has 208 valence electrons. The van der Waals surface area contributed by atoms with Crippen LogP contribution in [0.2, 0.25) is 0 Å². The second kappa shape index (κ2) is 11.7. The van der Waals surface area contributed by atoms with Gasteiger partial charge < -0.3 is 29.2 Å². The number of nitrogens with zero attached hydrogens (tertiary/aromatic N) is 1. The molecule has 4 aromatic rings. The van der Waals surface area contributed by atoms with Crippen LogP contribution in [0.1, 0.15) is 22.9 Å².